The van der Waals surface area contributed by atoms with E-state index in [1.54, 1.807) is 7.11 Å². The summed E-state index contributed by atoms with van der Waals surface area (Å²) in [5, 5.41) is 12.9. The van der Waals surface area contributed by atoms with Crippen LogP contribution in [0.5, 0.6) is 5.19 Å². The van der Waals surface area contributed by atoms with E-state index >= 15 is 0 Å². The van der Waals surface area contributed by atoms with E-state index in [-0.39, 0.29) is 0 Å². The van der Waals surface area contributed by atoms with Gasteiger partial charge in [-0.15, -0.1) is 10.2 Å². The molecule has 0 aliphatic heterocycles. The van der Waals surface area contributed by atoms with Crippen LogP contribution in [0.3, 0.4) is 0 Å². The number of rotatable bonds is 12. The minimum atomic E-state index is 0.601. The lowest BCUT2D eigenvalue weighted by molar-refractivity contribution is 0.0644. The molecular formula is C12H23N3O3S. The molecule has 110 valence electrons. The maximum absolute atomic E-state index is 5.51. The first kappa shape index (κ1) is 16.3. The summed E-state index contributed by atoms with van der Waals surface area (Å²) in [6, 6.07) is 0. The molecule has 0 aromatic carbocycles. The van der Waals surface area contributed by atoms with Gasteiger partial charge < -0.3 is 19.5 Å². The zero-order valence-electron chi connectivity index (χ0n) is 11.7. The minimum absolute atomic E-state index is 0.601. The van der Waals surface area contributed by atoms with Gasteiger partial charge in [-0.25, -0.2) is 0 Å². The monoisotopic (exact) mass is 289 g/mol. The average molecular weight is 289 g/mol. The van der Waals surface area contributed by atoms with E-state index in [4.69, 9.17) is 14.2 Å². The summed E-state index contributed by atoms with van der Waals surface area (Å²) in [5.41, 5.74) is 0. The molecule has 0 aliphatic rings. The Morgan fingerprint density at radius 2 is 2.05 bits per heavy atom. The summed E-state index contributed by atoms with van der Waals surface area (Å²) in [6.45, 7) is 6.42. The molecule has 1 aromatic rings. The Balaban J connectivity index is 2.03. The first-order chi connectivity index (χ1) is 9.36. The number of nitrogens with one attached hydrogen (secondary N) is 1. The largest absolute Gasteiger partial charge is 0.469 e. The Labute approximate surface area is 118 Å². The maximum Gasteiger partial charge on any atom is 0.294 e. The van der Waals surface area contributed by atoms with Crippen molar-refractivity contribution in [2.24, 2.45) is 0 Å². The lowest BCUT2D eigenvalue weighted by atomic mass is 10.5. The molecule has 0 bridgehead atoms. The van der Waals surface area contributed by atoms with E-state index in [1.807, 2.05) is 0 Å². The summed E-state index contributed by atoms with van der Waals surface area (Å²) in [5.74, 6) is 0. The van der Waals surface area contributed by atoms with E-state index in [0.717, 1.165) is 30.9 Å². The Kier molecular flexibility index (Phi) is 9.52. The predicted octanol–water partition coefficient (Wildman–Crippen LogP) is 1.47. The van der Waals surface area contributed by atoms with Crippen molar-refractivity contribution in [2.45, 2.75) is 26.3 Å². The highest BCUT2D eigenvalue weighted by Gasteiger charge is 2.04. The van der Waals surface area contributed by atoms with Crippen molar-refractivity contribution in [3.8, 4) is 5.19 Å². The number of hydrogen-bond acceptors (Lipinski definition) is 7. The Morgan fingerprint density at radius 3 is 2.84 bits per heavy atom. The summed E-state index contributed by atoms with van der Waals surface area (Å²) < 4.78 is 15.7. The average Bonchev–Trinajstić information content (AvgIpc) is 2.86. The molecule has 0 saturated carbocycles. The lowest BCUT2D eigenvalue weighted by Crippen LogP contribution is -2.13. The minimum Gasteiger partial charge on any atom is -0.469 e. The molecule has 7 heteroatoms. The highest BCUT2D eigenvalue weighted by Crippen LogP contribution is 2.17. The Hall–Kier alpha value is -0.760. The molecule has 1 aromatic heterocycles. The summed E-state index contributed by atoms with van der Waals surface area (Å²) in [7, 11) is 1.66. The molecule has 0 aliphatic carbocycles. The van der Waals surface area contributed by atoms with Crippen LogP contribution < -0.4 is 10.1 Å². The Bertz CT molecular complexity index is 323. The van der Waals surface area contributed by atoms with Crippen LogP contribution in [0.25, 0.3) is 0 Å². The maximum atomic E-state index is 5.51. The molecule has 0 fully saturated rings. The zero-order valence-corrected chi connectivity index (χ0v) is 12.5. The van der Waals surface area contributed by atoms with Crippen LogP contribution in [-0.4, -0.2) is 50.3 Å². The molecule has 1 N–H and O–H groups in total. The molecule has 0 atom stereocenters. The third-order valence-corrected chi connectivity index (χ3v) is 3.08. The quantitative estimate of drug-likeness (QED) is 0.588. The van der Waals surface area contributed by atoms with Gasteiger partial charge in [0.1, 0.15) is 5.01 Å². The van der Waals surface area contributed by atoms with Gasteiger partial charge in [0.05, 0.1) is 19.8 Å². The standard InChI is InChI=1S/C12H23N3O3S/c1-3-5-13-10-11-14-15-12(19-11)18-7-4-6-17-9-8-16-2/h13H,3-10H2,1-2H3. The van der Waals surface area contributed by atoms with Crippen molar-refractivity contribution >= 4 is 11.3 Å². The fraction of sp³-hybridized carbons (Fsp3) is 0.833. The number of nitrogens with zero attached hydrogens (tertiary/aromatic N) is 2. The molecular weight excluding hydrogens is 266 g/mol. The van der Waals surface area contributed by atoms with E-state index in [0.29, 0.717) is 31.6 Å². The van der Waals surface area contributed by atoms with Crippen LogP contribution >= 0.6 is 11.3 Å². The number of aromatic nitrogens is 2. The molecule has 0 unspecified atom stereocenters. The number of methoxy groups -OCH3 is 1. The molecule has 0 radical (unpaired) electrons. The van der Waals surface area contributed by atoms with Gasteiger partial charge in [0.25, 0.3) is 5.19 Å². The molecule has 0 saturated heterocycles. The fourth-order valence-corrected chi connectivity index (χ4v) is 1.99. The Morgan fingerprint density at radius 1 is 1.16 bits per heavy atom. The van der Waals surface area contributed by atoms with Crippen molar-refractivity contribution in [2.75, 3.05) is 40.1 Å². The fourth-order valence-electron chi connectivity index (χ4n) is 1.30. The van der Waals surface area contributed by atoms with E-state index in [1.165, 1.54) is 11.3 Å². The van der Waals surface area contributed by atoms with E-state index in [9.17, 15) is 0 Å². The molecule has 1 rings (SSSR count). The van der Waals surface area contributed by atoms with Gasteiger partial charge in [-0.2, -0.15) is 0 Å². The molecule has 1 heterocycles. The normalized spacial score (nSPS) is 10.8. The van der Waals surface area contributed by atoms with Gasteiger partial charge in [-0.3, -0.25) is 0 Å². The van der Waals surface area contributed by atoms with Crippen LogP contribution in [0.1, 0.15) is 24.8 Å². The van der Waals surface area contributed by atoms with Crippen molar-refractivity contribution in [1.82, 2.24) is 15.5 Å². The highest BCUT2D eigenvalue weighted by atomic mass is 32.1. The third kappa shape index (κ3) is 8.10. The second-order valence-corrected chi connectivity index (χ2v) is 4.97. The number of ether oxygens (including phenoxy) is 3. The molecule has 19 heavy (non-hydrogen) atoms. The summed E-state index contributed by atoms with van der Waals surface area (Å²) in [6.07, 6.45) is 1.96. The second-order valence-electron chi connectivity index (χ2n) is 3.95. The molecule has 6 nitrogen and oxygen atoms in total. The van der Waals surface area contributed by atoms with E-state index in [2.05, 4.69) is 22.4 Å². The topological polar surface area (TPSA) is 65.5 Å². The summed E-state index contributed by atoms with van der Waals surface area (Å²) >= 11 is 1.49. The zero-order chi connectivity index (χ0) is 13.8. The van der Waals surface area contributed by atoms with Gasteiger partial charge in [-0.05, 0) is 13.0 Å². The van der Waals surface area contributed by atoms with Gasteiger partial charge >= 0.3 is 0 Å². The van der Waals surface area contributed by atoms with Crippen LogP contribution in [0.4, 0.5) is 0 Å². The predicted molar refractivity (Wildman–Crippen MR) is 74.7 cm³/mol. The number of hydrogen-bond donors (Lipinski definition) is 1. The van der Waals surface area contributed by atoms with Crippen LogP contribution in [0, 0.1) is 0 Å². The second kappa shape index (κ2) is 11.1. The van der Waals surface area contributed by atoms with E-state index < -0.39 is 0 Å². The van der Waals surface area contributed by atoms with Crippen LogP contribution in [0.2, 0.25) is 0 Å². The van der Waals surface area contributed by atoms with Gasteiger partial charge in [-0.1, -0.05) is 18.3 Å². The van der Waals surface area contributed by atoms with Gasteiger partial charge in [0.2, 0.25) is 0 Å². The SMILES string of the molecule is CCCNCc1nnc(OCCCOCCOC)s1. The van der Waals surface area contributed by atoms with Gasteiger partial charge in [0.15, 0.2) is 0 Å². The highest BCUT2D eigenvalue weighted by molar-refractivity contribution is 7.13. The summed E-state index contributed by atoms with van der Waals surface area (Å²) in [4.78, 5) is 0. The third-order valence-electron chi connectivity index (χ3n) is 2.24. The van der Waals surface area contributed by atoms with Crippen LogP contribution in [0.15, 0.2) is 0 Å². The first-order valence-electron chi connectivity index (χ1n) is 6.59. The smallest absolute Gasteiger partial charge is 0.294 e. The van der Waals surface area contributed by atoms with Crippen LogP contribution in [-0.2, 0) is 16.0 Å². The van der Waals surface area contributed by atoms with Crippen molar-refractivity contribution in [3.05, 3.63) is 5.01 Å². The molecule has 0 spiro atoms. The van der Waals surface area contributed by atoms with Gasteiger partial charge in [0, 0.05) is 26.7 Å². The van der Waals surface area contributed by atoms with Crippen molar-refractivity contribution in [1.29, 1.82) is 0 Å². The van der Waals surface area contributed by atoms with Crippen molar-refractivity contribution in [3.63, 3.8) is 0 Å². The lowest BCUT2D eigenvalue weighted by Gasteiger charge is -2.03. The molecule has 0 amide bonds. The first-order valence-corrected chi connectivity index (χ1v) is 7.41. The van der Waals surface area contributed by atoms with Crippen molar-refractivity contribution < 1.29 is 14.2 Å².